The van der Waals surface area contributed by atoms with Gasteiger partial charge in [0, 0.05) is 13.1 Å². The van der Waals surface area contributed by atoms with Gasteiger partial charge in [-0.3, -0.25) is 0 Å². The van der Waals surface area contributed by atoms with E-state index < -0.39 is 0 Å². The quantitative estimate of drug-likeness (QED) is 0.664. The number of likely N-dealkylation sites (tertiary alicyclic amines) is 2. The highest BCUT2D eigenvalue weighted by molar-refractivity contribution is 4.94. The molecule has 2 fully saturated rings. The van der Waals surface area contributed by atoms with Crippen LogP contribution >= 0.6 is 0 Å². The van der Waals surface area contributed by atoms with Gasteiger partial charge in [0.15, 0.2) is 0 Å². The third kappa shape index (κ3) is 2.12. The molecule has 1 spiro atoms. The fourth-order valence-electron chi connectivity index (χ4n) is 3.32. The molecule has 1 unspecified atom stereocenters. The van der Waals surface area contributed by atoms with Crippen LogP contribution in [0.1, 0.15) is 32.6 Å². The highest BCUT2D eigenvalue weighted by atomic mass is 15.2. The molecule has 2 saturated heterocycles. The number of rotatable bonds is 2. The van der Waals surface area contributed by atoms with Crippen LogP contribution in [0.5, 0.6) is 0 Å². The van der Waals surface area contributed by atoms with Crippen molar-refractivity contribution in [1.29, 1.82) is 0 Å². The molecule has 1 atom stereocenters. The van der Waals surface area contributed by atoms with Crippen LogP contribution in [-0.2, 0) is 0 Å². The first kappa shape index (κ1) is 10.4. The van der Waals surface area contributed by atoms with E-state index in [0.717, 1.165) is 0 Å². The summed E-state index contributed by atoms with van der Waals surface area (Å²) >= 11 is 0. The maximum atomic E-state index is 2.67. The van der Waals surface area contributed by atoms with Crippen LogP contribution in [0.2, 0.25) is 0 Å². The predicted octanol–water partition coefficient (Wildman–Crippen LogP) is 1.81. The first-order valence-corrected chi connectivity index (χ1v) is 6.15. The van der Waals surface area contributed by atoms with Crippen molar-refractivity contribution in [2.24, 2.45) is 5.41 Å². The summed E-state index contributed by atoms with van der Waals surface area (Å²) in [5.74, 6) is 0. The molecule has 0 aromatic carbocycles. The van der Waals surface area contributed by atoms with Crippen LogP contribution in [0, 0.1) is 5.41 Å². The molecule has 0 aromatic heterocycles. The molecule has 0 aliphatic carbocycles. The van der Waals surface area contributed by atoms with E-state index in [-0.39, 0.29) is 0 Å². The van der Waals surface area contributed by atoms with E-state index in [0.29, 0.717) is 5.41 Å². The normalized spacial score (nSPS) is 35.6. The zero-order chi connectivity index (χ0) is 10.0. The molecule has 2 aliphatic heterocycles. The van der Waals surface area contributed by atoms with Gasteiger partial charge in [0.1, 0.15) is 0 Å². The fourth-order valence-corrected chi connectivity index (χ4v) is 3.32. The standard InChI is InChI=1S/C12H24N2/c1-3-7-14-9-6-12(11-14)5-4-8-13(2)10-12/h3-11H2,1-2H3. The summed E-state index contributed by atoms with van der Waals surface area (Å²) in [7, 11) is 2.28. The second-order valence-corrected chi connectivity index (χ2v) is 5.37. The largest absolute Gasteiger partial charge is 0.306 e. The van der Waals surface area contributed by atoms with Gasteiger partial charge in [-0.1, -0.05) is 6.92 Å². The molecule has 0 bridgehead atoms. The highest BCUT2D eigenvalue weighted by Gasteiger charge is 2.39. The molecule has 2 heteroatoms. The lowest BCUT2D eigenvalue weighted by Crippen LogP contribution is -2.42. The Balaban J connectivity index is 1.91. The van der Waals surface area contributed by atoms with Gasteiger partial charge in [0.2, 0.25) is 0 Å². The zero-order valence-electron chi connectivity index (χ0n) is 9.76. The summed E-state index contributed by atoms with van der Waals surface area (Å²) < 4.78 is 0. The number of nitrogens with zero attached hydrogens (tertiary/aromatic N) is 2. The summed E-state index contributed by atoms with van der Waals surface area (Å²) in [5, 5.41) is 0. The highest BCUT2D eigenvalue weighted by Crippen LogP contribution is 2.38. The molecule has 82 valence electrons. The third-order valence-corrected chi connectivity index (χ3v) is 3.91. The Morgan fingerprint density at radius 2 is 2.00 bits per heavy atom. The van der Waals surface area contributed by atoms with Gasteiger partial charge in [-0.15, -0.1) is 0 Å². The van der Waals surface area contributed by atoms with E-state index in [1.165, 1.54) is 58.4 Å². The number of piperidine rings is 1. The smallest absolute Gasteiger partial charge is 0.00507 e. The minimum Gasteiger partial charge on any atom is -0.306 e. The molecule has 2 rings (SSSR count). The monoisotopic (exact) mass is 196 g/mol. The molecule has 2 nitrogen and oxygen atoms in total. The Morgan fingerprint density at radius 1 is 1.14 bits per heavy atom. The van der Waals surface area contributed by atoms with Crippen LogP contribution in [0.3, 0.4) is 0 Å². The molecule has 0 aromatic rings. The van der Waals surface area contributed by atoms with Crippen LogP contribution in [0.15, 0.2) is 0 Å². The van der Waals surface area contributed by atoms with E-state index in [9.17, 15) is 0 Å². The van der Waals surface area contributed by atoms with Gasteiger partial charge in [-0.25, -0.2) is 0 Å². The number of hydrogen-bond donors (Lipinski definition) is 0. The zero-order valence-corrected chi connectivity index (χ0v) is 9.76. The molecule has 0 radical (unpaired) electrons. The van der Waals surface area contributed by atoms with Crippen molar-refractivity contribution < 1.29 is 0 Å². The van der Waals surface area contributed by atoms with Crippen molar-refractivity contribution in [1.82, 2.24) is 9.80 Å². The second-order valence-electron chi connectivity index (χ2n) is 5.37. The molecular formula is C12H24N2. The lowest BCUT2D eigenvalue weighted by molar-refractivity contribution is 0.113. The van der Waals surface area contributed by atoms with Crippen LogP contribution in [0.4, 0.5) is 0 Å². The summed E-state index contributed by atoms with van der Waals surface area (Å²) in [6.07, 6.45) is 5.64. The molecule has 14 heavy (non-hydrogen) atoms. The Bertz CT molecular complexity index is 193. The summed E-state index contributed by atoms with van der Waals surface area (Å²) in [4.78, 5) is 5.19. The maximum absolute atomic E-state index is 2.67. The molecule has 0 N–H and O–H groups in total. The fraction of sp³-hybridized carbons (Fsp3) is 1.00. The van der Waals surface area contributed by atoms with Gasteiger partial charge < -0.3 is 9.80 Å². The molecule has 0 amide bonds. The van der Waals surface area contributed by atoms with Crippen molar-refractivity contribution >= 4 is 0 Å². The molecular weight excluding hydrogens is 172 g/mol. The van der Waals surface area contributed by atoms with Crippen LogP contribution in [0.25, 0.3) is 0 Å². The third-order valence-electron chi connectivity index (χ3n) is 3.91. The topological polar surface area (TPSA) is 6.48 Å². The second kappa shape index (κ2) is 4.19. The van der Waals surface area contributed by atoms with Gasteiger partial charge in [-0.05, 0) is 57.8 Å². The van der Waals surface area contributed by atoms with Crippen molar-refractivity contribution in [3.63, 3.8) is 0 Å². The first-order chi connectivity index (χ1) is 6.74. The van der Waals surface area contributed by atoms with E-state index in [2.05, 4.69) is 23.8 Å². The Morgan fingerprint density at radius 3 is 2.71 bits per heavy atom. The number of hydrogen-bond acceptors (Lipinski definition) is 2. The summed E-state index contributed by atoms with van der Waals surface area (Å²) in [6, 6.07) is 0. The van der Waals surface area contributed by atoms with E-state index in [1.807, 2.05) is 0 Å². The van der Waals surface area contributed by atoms with Crippen LogP contribution < -0.4 is 0 Å². The summed E-state index contributed by atoms with van der Waals surface area (Å²) in [6.45, 7) is 8.97. The average Bonchev–Trinajstić information content (AvgIpc) is 2.49. The maximum Gasteiger partial charge on any atom is 0.00507 e. The molecule has 2 heterocycles. The lowest BCUT2D eigenvalue weighted by atomic mass is 9.79. The Hall–Kier alpha value is -0.0800. The van der Waals surface area contributed by atoms with Gasteiger partial charge in [-0.2, -0.15) is 0 Å². The van der Waals surface area contributed by atoms with E-state index >= 15 is 0 Å². The van der Waals surface area contributed by atoms with Crippen LogP contribution in [-0.4, -0.2) is 49.6 Å². The Labute approximate surface area is 88.3 Å². The average molecular weight is 196 g/mol. The minimum absolute atomic E-state index is 0.669. The lowest BCUT2D eigenvalue weighted by Gasteiger charge is -2.38. The molecule has 2 aliphatic rings. The van der Waals surface area contributed by atoms with E-state index in [1.54, 1.807) is 0 Å². The van der Waals surface area contributed by atoms with Crippen molar-refractivity contribution in [2.45, 2.75) is 32.6 Å². The van der Waals surface area contributed by atoms with Gasteiger partial charge in [0.05, 0.1) is 0 Å². The summed E-state index contributed by atoms with van der Waals surface area (Å²) in [5.41, 5.74) is 0.669. The Kier molecular flexibility index (Phi) is 3.13. The van der Waals surface area contributed by atoms with Gasteiger partial charge in [0.25, 0.3) is 0 Å². The van der Waals surface area contributed by atoms with Crippen molar-refractivity contribution in [3.8, 4) is 0 Å². The first-order valence-electron chi connectivity index (χ1n) is 6.15. The predicted molar refractivity (Wildman–Crippen MR) is 60.5 cm³/mol. The SMILES string of the molecule is CCCN1CCC2(CCCN(C)C2)C1. The van der Waals surface area contributed by atoms with Crippen molar-refractivity contribution in [2.75, 3.05) is 39.8 Å². The molecule has 0 saturated carbocycles. The van der Waals surface area contributed by atoms with Gasteiger partial charge >= 0.3 is 0 Å². The van der Waals surface area contributed by atoms with E-state index in [4.69, 9.17) is 0 Å². The van der Waals surface area contributed by atoms with Crippen molar-refractivity contribution in [3.05, 3.63) is 0 Å². The minimum atomic E-state index is 0.669.